The maximum atomic E-state index is 13.3. The highest BCUT2D eigenvalue weighted by Crippen LogP contribution is 2.44. The molecule has 0 saturated carbocycles. The van der Waals surface area contributed by atoms with Gasteiger partial charge in [-0.2, -0.15) is 0 Å². The highest BCUT2D eigenvalue weighted by atomic mass is 16.6. The lowest BCUT2D eigenvalue weighted by Crippen LogP contribution is -2.46. The van der Waals surface area contributed by atoms with Crippen LogP contribution in [0.25, 0.3) is 11.1 Å². The molecule has 7 heteroatoms. The second kappa shape index (κ2) is 11.3. The monoisotopic (exact) mass is 515 g/mol. The summed E-state index contributed by atoms with van der Waals surface area (Å²) in [6.45, 7) is 5.65. The van der Waals surface area contributed by atoms with Crippen molar-refractivity contribution in [1.82, 2.24) is 9.88 Å². The molecule has 3 aromatic rings. The Morgan fingerprint density at radius 1 is 0.947 bits per heavy atom. The second-order valence-corrected chi connectivity index (χ2v) is 10.9. The van der Waals surface area contributed by atoms with E-state index in [9.17, 15) is 9.59 Å². The largest absolute Gasteiger partial charge is 0.458 e. The van der Waals surface area contributed by atoms with Gasteiger partial charge in [-0.15, -0.1) is 0 Å². The number of fused-ring (bicyclic) bond motifs is 3. The van der Waals surface area contributed by atoms with E-state index in [4.69, 9.17) is 9.47 Å². The van der Waals surface area contributed by atoms with Crippen LogP contribution in [0, 0.1) is 0 Å². The molecule has 1 aliphatic rings. The van der Waals surface area contributed by atoms with Gasteiger partial charge >= 0.3 is 12.1 Å². The fraction of sp³-hybridized carbons (Fsp3) is 0.387. The molecular weight excluding hydrogens is 478 g/mol. The smallest absolute Gasteiger partial charge is 0.410 e. The SMILES string of the molecule is CN(C)c1cc(CCC(C(=O)OC(C)(C)C)N(C)C(=O)OCC2c3ccccc3-c3ccccc32)ccn1. The number of ether oxygens (including phenoxy) is 2. The van der Waals surface area contributed by atoms with Gasteiger partial charge in [0.25, 0.3) is 0 Å². The molecule has 2 aromatic carbocycles. The Labute approximate surface area is 225 Å². The van der Waals surface area contributed by atoms with Gasteiger partial charge in [-0.05, 0) is 73.6 Å². The van der Waals surface area contributed by atoms with Crippen LogP contribution in [0.3, 0.4) is 0 Å². The Bertz CT molecular complexity index is 1250. The van der Waals surface area contributed by atoms with Gasteiger partial charge in [0.05, 0.1) is 0 Å². The van der Waals surface area contributed by atoms with Crippen molar-refractivity contribution in [1.29, 1.82) is 0 Å². The molecule has 7 nitrogen and oxygen atoms in total. The molecule has 1 atom stereocenters. The molecule has 0 bridgehead atoms. The number of benzene rings is 2. The lowest BCUT2D eigenvalue weighted by atomic mass is 9.98. The summed E-state index contributed by atoms with van der Waals surface area (Å²) in [5, 5.41) is 0. The van der Waals surface area contributed by atoms with E-state index in [0.29, 0.717) is 12.8 Å². The number of aromatic nitrogens is 1. The molecule has 0 aliphatic heterocycles. The van der Waals surface area contributed by atoms with Crippen LogP contribution >= 0.6 is 0 Å². The zero-order valence-corrected chi connectivity index (χ0v) is 23.1. The van der Waals surface area contributed by atoms with Crippen LogP contribution in [-0.2, 0) is 20.7 Å². The second-order valence-electron chi connectivity index (χ2n) is 10.9. The van der Waals surface area contributed by atoms with Crippen LogP contribution in [-0.4, -0.2) is 61.3 Å². The third-order valence-corrected chi connectivity index (χ3v) is 6.74. The summed E-state index contributed by atoms with van der Waals surface area (Å²) in [5.41, 5.74) is 4.96. The molecule has 1 aliphatic carbocycles. The minimum Gasteiger partial charge on any atom is -0.458 e. The number of amides is 1. The van der Waals surface area contributed by atoms with Crippen LogP contribution in [0.5, 0.6) is 0 Å². The Balaban J connectivity index is 1.48. The lowest BCUT2D eigenvalue weighted by molar-refractivity contribution is -0.160. The molecule has 0 spiro atoms. The first-order chi connectivity index (χ1) is 18.0. The number of hydrogen-bond donors (Lipinski definition) is 0. The Kier molecular flexibility index (Phi) is 8.05. The number of nitrogens with zero attached hydrogens (tertiary/aromatic N) is 3. The third-order valence-electron chi connectivity index (χ3n) is 6.74. The maximum Gasteiger partial charge on any atom is 0.410 e. The normalized spacial score (nSPS) is 13.3. The molecule has 0 saturated heterocycles. The number of anilines is 1. The highest BCUT2D eigenvalue weighted by Gasteiger charge is 2.34. The van der Waals surface area contributed by atoms with Crippen LogP contribution in [0.2, 0.25) is 0 Å². The molecule has 0 fully saturated rings. The molecule has 38 heavy (non-hydrogen) atoms. The number of rotatable bonds is 8. The number of carbonyl (C=O) groups is 2. The predicted octanol–water partition coefficient (Wildman–Crippen LogP) is 5.67. The third kappa shape index (κ3) is 6.15. The van der Waals surface area contributed by atoms with Crippen LogP contribution in [0.4, 0.5) is 10.6 Å². The molecule has 1 unspecified atom stereocenters. The summed E-state index contributed by atoms with van der Waals surface area (Å²) in [6.07, 6.45) is 2.18. The lowest BCUT2D eigenvalue weighted by Gasteiger charge is -2.30. The Hall–Kier alpha value is -3.87. The Morgan fingerprint density at radius 2 is 1.55 bits per heavy atom. The van der Waals surface area contributed by atoms with Crippen LogP contribution in [0.15, 0.2) is 66.9 Å². The first-order valence-electron chi connectivity index (χ1n) is 13.0. The van der Waals surface area contributed by atoms with E-state index in [1.807, 2.05) is 76.2 Å². The molecule has 200 valence electrons. The number of esters is 1. The number of carbonyl (C=O) groups excluding carboxylic acids is 2. The van der Waals surface area contributed by atoms with Crippen molar-refractivity contribution in [3.8, 4) is 11.1 Å². The van der Waals surface area contributed by atoms with E-state index < -0.39 is 23.7 Å². The quantitative estimate of drug-likeness (QED) is 0.360. The van der Waals surface area contributed by atoms with Crippen LogP contribution in [0.1, 0.15) is 49.8 Å². The molecule has 0 N–H and O–H groups in total. The fourth-order valence-corrected chi connectivity index (χ4v) is 4.83. The summed E-state index contributed by atoms with van der Waals surface area (Å²) in [4.78, 5) is 34.1. The number of pyridine rings is 1. The highest BCUT2D eigenvalue weighted by molar-refractivity contribution is 5.82. The Morgan fingerprint density at radius 3 is 2.13 bits per heavy atom. The first kappa shape index (κ1) is 27.2. The summed E-state index contributed by atoms with van der Waals surface area (Å²) in [5.74, 6) is 0.331. The minimum absolute atomic E-state index is 0.0546. The number of aryl methyl sites for hydroxylation is 1. The van der Waals surface area contributed by atoms with E-state index >= 15 is 0 Å². The van der Waals surface area contributed by atoms with Crippen molar-refractivity contribution in [3.63, 3.8) is 0 Å². The van der Waals surface area contributed by atoms with Crippen molar-refractivity contribution in [2.45, 2.75) is 51.2 Å². The van der Waals surface area contributed by atoms with E-state index in [1.165, 1.54) is 16.0 Å². The van der Waals surface area contributed by atoms with Crippen molar-refractivity contribution in [3.05, 3.63) is 83.6 Å². The first-order valence-corrected chi connectivity index (χ1v) is 13.0. The van der Waals surface area contributed by atoms with Gasteiger partial charge < -0.3 is 14.4 Å². The maximum absolute atomic E-state index is 13.3. The van der Waals surface area contributed by atoms with Crippen molar-refractivity contribution in [2.24, 2.45) is 0 Å². The summed E-state index contributed by atoms with van der Waals surface area (Å²) < 4.78 is 11.5. The van der Waals surface area contributed by atoms with Crippen molar-refractivity contribution >= 4 is 17.9 Å². The molecule has 1 aromatic heterocycles. The minimum atomic E-state index is -0.791. The van der Waals surface area contributed by atoms with Gasteiger partial charge in [-0.25, -0.2) is 14.6 Å². The molecule has 1 heterocycles. The topological polar surface area (TPSA) is 72.0 Å². The average Bonchev–Trinajstić information content (AvgIpc) is 3.20. The van der Waals surface area contributed by atoms with Gasteiger partial charge in [-0.1, -0.05) is 48.5 Å². The number of hydrogen-bond acceptors (Lipinski definition) is 6. The van der Waals surface area contributed by atoms with Gasteiger partial charge in [-0.3, -0.25) is 4.90 Å². The van der Waals surface area contributed by atoms with E-state index in [0.717, 1.165) is 22.5 Å². The fourth-order valence-electron chi connectivity index (χ4n) is 4.83. The molecule has 1 amide bonds. The van der Waals surface area contributed by atoms with Gasteiger partial charge in [0, 0.05) is 33.3 Å². The van der Waals surface area contributed by atoms with Crippen molar-refractivity contribution < 1.29 is 19.1 Å². The zero-order valence-electron chi connectivity index (χ0n) is 23.1. The summed E-state index contributed by atoms with van der Waals surface area (Å²) in [6, 6.07) is 19.5. The van der Waals surface area contributed by atoms with Gasteiger partial charge in [0.2, 0.25) is 0 Å². The van der Waals surface area contributed by atoms with E-state index in [1.54, 1.807) is 13.2 Å². The van der Waals surface area contributed by atoms with E-state index in [2.05, 4.69) is 29.2 Å². The standard InChI is InChI=1S/C31H37N3O4/c1-31(2,3)38-29(35)27(16-15-21-17-18-32-28(19-21)33(4)5)34(6)30(36)37-20-26-24-13-9-7-11-22(24)23-12-8-10-14-25(23)26/h7-14,17-19,26-27H,15-16,20H2,1-6H3. The average molecular weight is 516 g/mol. The predicted molar refractivity (Wildman–Crippen MR) is 149 cm³/mol. The molecule has 0 radical (unpaired) electrons. The van der Waals surface area contributed by atoms with Crippen molar-refractivity contribution in [2.75, 3.05) is 32.6 Å². The zero-order chi connectivity index (χ0) is 27.4. The van der Waals surface area contributed by atoms with Gasteiger partial charge in [0.15, 0.2) is 0 Å². The summed E-state index contributed by atoms with van der Waals surface area (Å²) >= 11 is 0. The summed E-state index contributed by atoms with van der Waals surface area (Å²) in [7, 11) is 5.46. The van der Waals surface area contributed by atoms with Gasteiger partial charge in [0.1, 0.15) is 24.1 Å². The molecular formula is C31H37N3O4. The van der Waals surface area contributed by atoms with E-state index in [-0.39, 0.29) is 12.5 Å². The van der Waals surface area contributed by atoms with Crippen LogP contribution < -0.4 is 4.90 Å². The molecule has 4 rings (SSSR count). The number of likely N-dealkylation sites (N-methyl/N-ethyl adjacent to an activating group) is 1.